The maximum absolute atomic E-state index is 12.3. The molecule has 1 unspecified atom stereocenters. The zero-order chi connectivity index (χ0) is 16.5. The molecule has 1 aromatic carbocycles. The largest absolute Gasteiger partial charge is 0.508 e. The first-order valence-electron chi connectivity index (χ1n) is 7.14. The van der Waals surface area contributed by atoms with Crippen molar-refractivity contribution in [3.63, 3.8) is 0 Å². The van der Waals surface area contributed by atoms with Gasteiger partial charge in [0.1, 0.15) is 11.4 Å². The molecule has 0 spiro atoms. The lowest BCUT2D eigenvalue weighted by molar-refractivity contribution is -0.142. The van der Waals surface area contributed by atoms with Crippen LogP contribution in [0.4, 0.5) is 10.5 Å². The Kier molecular flexibility index (Phi) is 4.30. The maximum Gasteiger partial charge on any atom is 0.414 e. The summed E-state index contributed by atoms with van der Waals surface area (Å²) >= 11 is 0. The Balaban J connectivity index is 2.37. The van der Waals surface area contributed by atoms with Crippen LogP contribution in [0.25, 0.3) is 0 Å². The SMILES string of the molecule is COC(=O)C1CCN(C(=O)OC(C)(C)C)c2ccc(O)cc21. The molecule has 0 bridgehead atoms. The molecule has 0 radical (unpaired) electrons. The van der Waals surface area contributed by atoms with Crippen LogP contribution in [0.2, 0.25) is 0 Å². The number of amides is 1. The monoisotopic (exact) mass is 307 g/mol. The van der Waals surface area contributed by atoms with E-state index in [-0.39, 0.29) is 11.7 Å². The van der Waals surface area contributed by atoms with Crippen molar-refractivity contribution >= 4 is 17.7 Å². The predicted octanol–water partition coefficient (Wildman–Crippen LogP) is 2.79. The Morgan fingerprint density at radius 1 is 1.32 bits per heavy atom. The summed E-state index contributed by atoms with van der Waals surface area (Å²) in [4.78, 5) is 25.7. The topological polar surface area (TPSA) is 76.1 Å². The second kappa shape index (κ2) is 5.87. The Hall–Kier alpha value is -2.24. The van der Waals surface area contributed by atoms with Crippen LogP contribution in [0.15, 0.2) is 18.2 Å². The molecule has 22 heavy (non-hydrogen) atoms. The molecule has 1 aromatic rings. The van der Waals surface area contributed by atoms with Crippen molar-refractivity contribution in [2.75, 3.05) is 18.6 Å². The summed E-state index contributed by atoms with van der Waals surface area (Å²) in [5.74, 6) is -0.833. The minimum Gasteiger partial charge on any atom is -0.508 e. The van der Waals surface area contributed by atoms with Crippen LogP contribution in [-0.4, -0.2) is 36.4 Å². The van der Waals surface area contributed by atoms with E-state index in [0.717, 1.165) is 0 Å². The van der Waals surface area contributed by atoms with Crippen LogP contribution >= 0.6 is 0 Å². The van der Waals surface area contributed by atoms with E-state index in [1.165, 1.54) is 24.1 Å². The molecular formula is C16H21NO5. The van der Waals surface area contributed by atoms with Gasteiger partial charge in [-0.2, -0.15) is 0 Å². The number of aromatic hydroxyl groups is 1. The van der Waals surface area contributed by atoms with Gasteiger partial charge in [0, 0.05) is 6.54 Å². The second-order valence-corrected chi connectivity index (χ2v) is 6.24. The third-order valence-electron chi connectivity index (χ3n) is 3.42. The highest BCUT2D eigenvalue weighted by Crippen LogP contribution is 2.38. The van der Waals surface area contributed by atoms with E-state index in [1.807, 2.05) is 0 Å². The minimum absolute atomic E-state index is 0.0405. The standard InChI is InChI=1S/C16H21NO5/c1-16(2,3)22-15(20)17-8-7-11(14(19)21-4)12-9-10(18)5-6-13(12)17/h5-6,9,11,18H,7-8H2,1-4H3. The van der Waals surface area contributed by atoms with E-state index in [9.17, 15) is 14.7 Å². The molecule has 6 nitrogen and oxygen atoms in total. The third-order valence-corrected chi connectivity index (χ3v) is 3.42. The zero-order valence-electron chi connectivity index (χ0n) is 13.3. The number of ether oxygens (including phenoxy) is 2. The van der Waals surface area contributed by atoms with Gasteiger partial charge in [-0.05, 0) is 51.0 Å². The highest BCUT2D eigenvalue weighted by Gasteiger charge is 2.35. The molecule has 0 aromatic heterocycles. The first-order valence-corrected chi connectivity index (χ1v) is 7.14. The van der Waals surface area contributed by atoms with Crippen LogP contribution in [0.3, 0.4) is 0 Å². The van der Waals surface area contributed by atoms with Gasteiger partial charge in [-0.25, -0.2) is 4.79 Å². The summed E-state index contributed by atoms with van der Waals surface area (Å²) < 4.78 is 10.2. The quantitative estimate of drug-likeness (QED) is 0.807. The zero-order valence-corrected chi connectivity index (χ0v) is 13.3. The normalized spacial score (nSPS) is 17.6. The average Bonchev–Trinajstić information content (AvgIpc) is 2.43. The van der Waals surface area contributed by atoms with Crippen molar-refractivity contribution in [3.05, 3.63) is 23.8 Å². The van der Waals surface area contributed by atoms with Crippen LogP contribution in [0.1, 0.15) is 38.7 Å². The lowest BCUT2D eigenvalue weighted by Gasteiger charge is -2.34. The van der Waals surface area contributed by atoms with Crippen molar-refractivity contribution in [2.24, 2.45) is 0 Å². The summed E-state index contributed by atoms with van der Waals surface area (Å²) in [6, 6.07) is 4.59. The van der Waals surface area contributed by atoms with Gasteiger partial charge < -0.3 is 14.6 Å². The smallest absolute Gasteiger partial charge is 0.414 e. The van der Waals surface area contributed by atoms with Gasteiger partial charge in [-0.15, -0.1) is 0 Å². The summed E-state index contributed by atoms with van der Waals surface area (Å²) in [6.45, 7) is 5.74. The number of carbonyl (C=O) groups excluding carboxylic acids is 2. The molecule has 1 aliphatic rings. The number of anilines is 1. The number of nitrogens with zero attached hydrogens (tertiary/aromatic N) is 1. The van der Waals surface area contributed by atoms with Crippen molar-refractivity contribution in [1.82, 2.24) is 0 Å². The van der Waals surface area contributed by atoms with E-state index in [1.54, 1.807) is 26.8 Å². The third kappa shape index (κ3) is 3.32. The molecular weight excluding hydrogens is 286 g/mol. The molecule has 1 heterocycles. The number of fused-ring (bicyclic) bond motifs is 1. The van der Waals surface area contributed by atoms with E-state index in [2.05, 4.69) is 0 Å². The van der Waals surface area contributed by atoms with Crippen LogP contribution < -0.4 is 4.90 Å². The van der Waals surface area contributed by atoms with E-state index in [4.69, 9.17) is 9.47 Å². The summed E-state index contributed by atoms with van der Waals surface area (Å²) in [6.07, 6.45) is -0.0507. The molecule has 1 N–H and O–H groups in total. The van der Waals surface area contributed by atoms with Crippen molar-refractivity contribution in [1.29, 1.82) is 0 Å². The highest BCUT2D eigenvalue weighted by molar-refractivity contribution is 5.93. The van der Waals surface area contributed by atoms with Gasteiger partial charge >= 0.3 is 12.1 Å². The predicted molar refractivity (Wildman–Crippen MR) is 81.1 cm³/mol. The molecule has 1 aliphatic heterocycles. The number of methoxy groups -OCH3 is 1. The van der Waals surface area contributed by atoms with Crippen molar-refractivity contribution < 1.29 is 24.2 Å². The van der Waals surface area contributed by atoms with Gasteiger partial charge in [0.15, 0.2) is 0 Å². The van der Waals surface area contributed by atoms with Crippen LogP contribution in [0.5, 0.6) is 5.75 Å². The van der Waals surface area contributed by atoms with E-state index >= 15 is 0 Å². The molecule has 1 atom stereocenters. The fourth-order valence-electron chi connectivity index (χ4n) is 2.49. The first-order chi connectivity index (χ1) is 10.2. The Bertz CT molecular complexity index is 591. The van der Waals surface area contributed by atoms with Gasteiger partial charge in [-0.1, -0.05) is 0 Å². The van der Waals surface area contributed by atoms with Gasteiger partial charge in [-0.3, -0.25) is 9.69 Å². The summed E-state index contributed by atoms with van der Waals surface area (Å²) in [7, 11) is 1.32. The van der Waals surface area contributed by atoms with Crippen LogP contribution in [0, 0.1) is 0 Å². The minimum atomic E-state index is -0.604. The van der Waals surface area contributed by atoms with Crippen molar-refractivity contribution in [2.45, 2.75) is 38.7 Å². The second-order valence-electron chi connectivity index (χ2n) is 6.24. The number of phenols is 1. The number of carbonyl (C=O) groups is 2. The highest BCUT2D eigenvalue weighted by atomic mass is 16.6. The number of hydrogen-bond acceptors (Lipinski definition) is 5. The molecule has 0 aliphatic carbocycles. The molecule has 2 rings (SSSR count). The average molecular weight is 307 g/mol. The first kappa shape index (κ1) is 16.1. The fourth-order valence-corrected chi connectivity index (χ4v) is 2.49. The molecule has 1 amide bonds. The number of hydrogen-bond donors (Lipinski definition) is 1. The number of esters is 1. The number of phenolic OH excluding ortho intramolecular Hbond substituents is 1. The summed E-state index contributed by atoms with van der Waals surface area (Å²) in [5.41, 5.74) is 0.533. The van der Waals surface area contributed by atoms with E-state index in [0.29, 0.717) is 24.2 Å². The molecule has 0 saturated carbocycles. The lowest BCUT2D eigenvalue weighted by Crippen LogP contribution is -2.41. The van der Waals surface area contributed by atoms with Crippen molar-refractivity contribution in [3.8, 4) is 5.75 Å². The Labute approximate surface area is 129 Å². The van der Waals surface area contributed by atoms with Gasteiger partial charge in [0.05, 0.1) is 18.7 Å². The Morgan fingerprint density at radius 3 is 2.59 bits per heavy atom. The lowest BCUT2D eigenvalue weighted by atomic mass is 9.90. The fraction of sp³-hybridized carbons (Fsp3) is 0.500. The maximum atomic E-state index is 12.3. The Morgan fingerprint density at radius 2 is 2.00 bits per heavy atom. The van der Waals surface area contributed by atoms with E-state index < -0.39 is 17.6 Å². The van der Waals surface area contributed by atoms with Gasteiger partial charge in [0.25, 0.3) is 0 Å². The molecule has 120 valence electrons. The molecule has 6 heteroatoms. The molecule has 0 saturated heterocycles. The summed E-state index contributed by atoms with van der Waals surface area (Å²) in [5, 5.41) is 9.69. The van der Waals surface area contributed by atoms with Crippen LogP contribution in [-0.2, 0) is 14.3 Å². The molecule has 0 fully saturated rings. The number of rotatable bonds is 1. The van der Waals surface area contributed by atoms with Gasteiger partial charge in [0.2, 0.25) is 0 Å². The number of benzene rings is 1.